The molecule has 1 heteroatoms. The number of rotatable bonds is 6. The highest BCUT2D eigenvalue weighted by atomic mass is 16.5. The average Bonchev–Trinajstić information content (AvgIpc) is 2.63. The van der Waals surface area contributed by atoms with Crippen molar-refractivity contribution in [2.45, 2.75) is 38.4 Å². The Labute approximate surface area is 139 Å². The molecule has 23 heavy (non-hydrogen) atoms. The van der Waals surface area contributed by atoms with Crippen LogP contribution < -0.4 is 0 Å². The molecule has 2 rings (SSSR count). The van der Waals surface area contributed by atoms with E-state index in [0.29, 0.717) is 0 Å². The largest absolute Gasteiger partial charge is 0.340 e. The summed E-state index contributed by atoms with van der Waals surface area (Å²) in [6, 6.07) is 19.9. The first-order valence-corrected chi connectivity index (χ1v) is 8.05. The summed E-state index contributed by atoms with van der Waals surface area (Å²) in [4.78, 5) is 0. The van der Waals surface area contributed by atoms with Gasteiger partial charge in [-0.25, -0.2) is 0 Å². The Balaban J connectivity index is 2.19. The number of unbranched alkanes of at least 4 members (excludes halogenated alkanes) is 2. The van der Waals surface area contributed by atoms with E-state index in [1.54, 1.807) is 0 Å². The third-order valence-electron chi connectivity index (χ3n) is 3.52. The lowest BCUT2D eigenvalue weighted by Crippen LogP contribution is -2.08. The molecular formula is C22H22O. The Morgan fingerprint density at radius 1 is 0.913 bits per heavy atom. The molecule has 0 fully saturated rings. The third-order valence-corrected chi connectivity index (χ3v) is 3.52. The molecule has 1 nitrogen and oxygen atoms in total. The molecule has 0 bridgehead atoms. The molecule has 0 radical (unpaired) electrons. The Morgan fingerprint density at radius 2 is 1.48 bits per heavy atom. The first-order valence-electron chi connectivity index (χ1n) is 8.05. The maximum absolute atomic E-state index is 6.14. The van der Waals surface area contributed by atoms with Gasteiger partial charge in [0.15, 0.2) is 0 Å². The van der Waals surface area contributed by atoms with E-state index in [-0.39, 0.29) is 6.10 Å². The smallest absolute Gasteiger partial charge is 0.145 e. The van der Waals surface area contributed by atoms with E-state index in [1.165, 1.54) is 0 Å². The number of ether oxygens (including phenoxy) is 1. The minimum atomic E-state index is -0.401. The van der Waals surface area contributed by atoms with Gasteiger partial charge in [0, 0.05) is 6.42 Å². The summed E-state index contributed by atoms with van der Waals surface area (Å²) < 4.78 is 6.14. The summed E-state index contributed by atoms with van der Waals surface area (Å²) in [6.45, 7) is 2.16. The Bertz CT molecular complexity index is 671. The van der Waals surface area contributed by atoms with Crippen molar-refractivity contribution >= 4 is 0 Å². The van der Waals surface area contributed by atoms with Gasteiger partial charge in [-0.1, -0.05) is 85.8 Å². The van der Waals surface area contributed by atoms with Crippen molar-refractivity contribution < 1.29 is 4.74 Å². The fraction of sp³-hybridized carbons (Fsp3) is 0.273. The first kappa shape index (κ1) is 16.9. The van der Waals surface area contributed by atoms with Crippen LogP contribution in [0.15, 0.2) is 60.7 Å². The minimum Gasteiger partial charge on any atom is -0.340 e. The molecule has 0 heterocycles. The fourth-order valence-electron chi connectivity index (χ4n) is 2.23. The fourth-order valence-corrected chi connectivity index (χ4v) is 2.23. The quantitative estimate of drug-likeness (QED) is 0.519. The molecule has 0 aliphatic rings. The van der Waals surface area contributed by atoms with Crippen molar-refractivity contribution in [3.8, 4) is 24.2 Å². The second-order valence-electron chi connectivity index (χ2n) is 5.31. The Morgan fingerprint density at radius 3 is 2.00 bits per heavy atom. The zero-order valence-corrected chi connectivity index (χ0v) is 13.5. The van der Waals surface area contributed by atoms with Gasteiger partial charge in [0.2, 0.25) is 0 Å². The van der Waals surface area contributed by atoms with E-state index in [1.807, 2.05) is 60.7 Å². The Hall–Kier alpha value is -2.48. The van der Waals surface area contributed by atoms with Crippen LogP contribution in [0.2, 0.25) is 0 Å². The van der Waals surface area contributed by atoms with Gasteiger partial charge in [0.05, 0.1) is 0 Å². The monoisotopic (exact) mass is 302 g/mol. The normalized spacial score (nSPS) is 12.5. The molecule has 0 spiro atoms. The lowest BCUT2D eigenvalue weighted by Gasteiger charge is -2.18. The molecule has 0 amide bonds. The van der Waals surface area contributed by atoms with E-state index in [4.69, 9.17) is 11.2 Å². The molecule has 0 aromatic heterocycles. The number of benzene rings is 2. The van der Waals surface area contributed by atoms with Crippen LogP contribution in [0.4, 0.5) is 0 Å². The molecule has 0 N–H and O–H groups in total. The average molecular weight is 302 g/mol. The molecule has 0 saturated carbocycles. The maximum Gasteiger partial charge on any atom is 0.145 e. The highest BCUT2D eigenvalue weighted by Gasteiger charge is 2.16. The number of terminal acetylenes is 1. The summed E-state index contributed by atoms with van der Waals surface area (Å²) in [6.07, 6.45) is 8.10. The second-order valence-corrected chi connectivity index (χ2v) is 5.31. The summed E-state index contributed by atoms with van der Waals surface area (Å²) in [5, 5.41) is 0. The topological polar surface area (TPSA) is 9.23 Å². The van der Waals surface area contributed by atoms with E-state index >= 15 is 0 Å². The van der Waals surface area contributed by atoms with Crippen LogP contribution in [0.25, 0.3) is 0 Å². The predicted octanol–water partition coefficient (Wildman–Crippen LogP) is 5.31. The summed E-state index contributed by atoms with van der Waals surface area (Å²) >= 11 is 0. The zero-order chi connectivity index (χ0) is 16.3. The van der Waals surface area contributed by atoms with Crippen LogP contribution in [-0.4, -0.2) is 0 Å². The van der Waals surface area contributed by atoms with Crippen molar-refractivity contribution in [1.29, 1.82) is 0 Å². The van der Waals surface area contributed by atoms with Crippen molar-refractivity contribution in [3.63, 3.8) is 0 Å². The summed E-state index contributed by atoms with van der Waals surface area (Å²) in [5.41, 5.74) is 2.01. The van der Waals surface area contributed by atoms with Crippen LogP contribution in [0, 0.1) is 24.2 Å². The van der Waals surface area contributed by atoms with Gasteiger partial charge in [-0.05, 0) is 17.5 Å². The van der Waals surface area contributed by atoms with E-state index in [2.05, 4.69) is 24.7 Å². The van der Waals surface area contributed by atoms with Crippen molar-refractivity contribution in [3.05, 3.63) is 71.8 Å². The number of hydrogen-bond acceptors (Lipinski definition) is 1. The minimum absolute atomic E-state index is 0.311. The summed E-state index contributed by atoms with van der Waals surface area (Å²) in [7, 11) is 0. The SMILES string of the molecule is C#CC(OC(C#CCCCC)c1ccccc1)c1ccccc1. The second kappa shape index (κ2) is 9.52. The van der Waals surface area contributed by atoms with Gasteiger partial charge in [-0.2, -0.15) is 0 Å². The van der Waals surface area contributed by atoms with E-state index in [9.17, 15) is 0 Å². The highest BCUT2D eigenvalue weighted by molar-refractivity contribution is 5.28. The van der Waals surface area contributed by atoms with Gasteiger partial charge in [0.25, 0.3) is 0 Å². The van der Waals surface area contributed by atoms with Crippen LogP contribution >= 0.6 is 0 Å². The van der Waals surface area contributed by atoms with Crippen molar-refractivity contribution in [1.82, 2.24) is 0 Å². The van der Waals surface area contributed by atoms with E-state index < -0.39 is 6.10 Å². The molecule has 0 aliphatic carbocycles. The first-order chi connectivity index (χ1) is 11.3. The van der Waals surface area contributed by atoms with Crippen LogP contribution in [-0.2, 0) is 4.74 Å². The molecule has 2 unspecified atom stereocenters. The highest BCUT2D eigenvalue weighted by Crippen LogP contribution is 2.26. The maximum atomic E-state index is 6.14. The van der Waals surface area contributed by atoms with Gasteiger partial charge in [0.1, 0.15) is 12.2 Å². The summed E-state index contributed by atoms with van der Waals surface area (Å²) in [5.74, 6) is 9.19. The third kappa shape index (κ3) is 5.33. The lowest BCUT2D eigenvalue weighted by atomic mass is 10.1. The van der Waals surface area contributed by atoms with Crippen LogP contribution in [0.3, 0.4) is 0 Å². The molecular weight excluding hydrogens is 280 g/mol. The van der Waals surface area contributed by atoms with Crippen LogP contribution in [0.5, 0.6) is 0 Å². The standard InChI is InChI=1S/C22H22O/c1-3-5-6-13-18-22(20-16-11-8-12-17-20)23-21(4-2)19-14-9-7-10-15-19/h2,7-12,14-17,21-22H,3,5-6H2,1H3. The zero-order valence-electron chi connectivity index (χ0n) is 13.5. The number of hydrogen-bond donors (Lipinski definition) is 0. The Kier molecular flexibility index (Phi) is 6.99. The van der Waals surface area contributed by atoms with E-state index in [0.717, 1.165) is 30.4 Å². The van der Waals surface area contributed by atoms with Gasteiger partial charge >= 0.3 is 0 Å². The van der Waals surface area contributed by atoms with Gasteiger partial charge < -0.3 is 4.74 Å². The van der Waals surface area contributed by atoms with Crippen molar-refractivity contribution in [2.24, 2.45) is 0 Å². The molecule has 116 valence electrons. The molecule has 0 saturated heterocycles. The molecule has 0 aliphatic heterocycles. The molecule has 2 aromatic carbocycles. The van der Waals surface area contributed by atoms with Crippen LogP contribution in [0.1, 0.15) is 49.5 Å². The molecule has 2 atom stereocenters. The molecule has 2 aromatic rings. The van der Waals surface area contributed by atoms with Crippen molar-refractivity contribution in [2.75, 3.05) is 0 Å². The lowest BCUT2D eigenvalue weighted by molar-refractivity contribution is 0.0514. The predicted molar refractivity (Wildman–Crippen MR) is 95.6 cm³/mol. The van der Waals surface area contributed by atoms with Gasteiger partial charge in [-0.3, -0.25) is 0 Å². The van der Waals surface area contributed by atoms with Gasteiger partial charge in [-0.15, -0.1) is 12.3 Å².